The number of amides is 1. The first-order valence-corrected chi connectivity index (χ1v) is 9.08. The summed E-state index contributed by atoms with van der Waals surface area (Å²) in [4.78, 5) is 25.5. The highest BCUT2D eigenvalue weighted by molar-refractivity contribution is 7.26. The molecule has 0 saturated heterocycles. The molecule has 0 aliphatic carbocycles. The lowest BCUT2D eigenvalue weighted by atomic mass is 10.1. The van der Waals surface area contributed by atoms with E-state index in [0.717, 1.165) is 26.9 Å². The molecule has 5 nitrogen and oxygen atoms in total. The second-order valence-corrected chi connectivity index (χ2v) is 6.90. The van der Waals surface area contributed by atoms with Gasteiger partial charge in [0.1, 0.15) is 6.04 Å². The van der Waals surface area contributed by atoms with Gasteiger partial charge in [0, 0.05) is 16.6 Å². The molecule has 1 amide bonds. The van der Waals surface area contributed by atoms with E-state index in [2.05, 4.69) is 10.4 Å². The third-order valence-electron chi connectivity index (χ3n) is 4.14. The maximum absolute atomic E-state index is 13.1. The number of fused-ring (bicyclic) bond motifs is 3. The fourth-order valence-corrected chi connectivity index (χ4v) is 4.06. The first kappa shape index (κ1) is 16.6. The number of aryl methyl sites for hydroxylation is 1. The highest BCUT2D eigenvalue weighted by Crippen LogP contribution is 2.33. The van der Waals surface area contributed by atoms with Crippen molar-refractivity contribution in [3.05, 3.63) is 40.3 Å². The largest absolute Gasteiger partial charge is 0.354 e. The summed E-state index contributed by atoms with van der Waals surface area (Å²) in [6.45, 7) is 6.39. The summed E-state index contributed by atoms with van der Waals surface area (Å²) in [5.74, 6) is -0.146. The number of nitrogens with zero attached hydrogens (tertiary/aromatic N) is 2. The van der Waals surface area contributed by atoms with E-state index in [1.54, 1.807) is 11.3 Å². The zero-order valence-electron chi connectivity index (χ0n) is 14.1. The Kier molecular flexibility index (Phi) is 4.66. The summed E-state index contributed by atoms with van der Waals surface area (Å²) in [5.41, 5.74) is 0.596. The number of carbonyl (C=O) groups is 1. The molecule has 6 heteroatoms. The molecule has 24 heavy (non-hydrogen) atoms. The van der Waals surface area contributed by atoms with Crippen molar-refractivity contribution in [3.8, 4) is 0 Å². The molecule has 1 N–H and O–H groups in total. The van der Waals surface area contributed by atoms with E-state index in [9.17, 15) is 9.59 Å². The van der Waals surface area contributed by atoms with Crippen LogP contribution in [0.4, 0.5) is 0 Å². The van der Waals surface area contributed by atoms with E-state index in [1.807, 2.05) is 45.0 Å². The van der Waals surface area contributed by atoms with Crippen molar-refractivity contribution in [1.29, 1.82) is 0 Å². The molecule has 0 fully saturated rings. The van der Waals surface area contributed by atoms with E-state index >= 15 is 0 Å². The van der Waals surface area contributed by atoms with Crippen LogP contribution in [0.2, 0.25) is 0 Å². The second kappa shape index (κ2) is 6.73. The predicted molar refractivity (Wildman–Crippen MR) is 98.8 cm³/mol. The van der Waals surface area contributed by atoms with E-state index in [-0.39, 0.29) is 11.5 Å². The Labute approximate surface area is 144 Å². The summed E-state index contributed by atoms with van der Waals surface area (Å²) in [6, 6.07) is 7.28. The first-order valence-electron chi connectivity index (χ1n) is 8.26. The minimum atomic E-state index is -0.578. The number of benzene rings is 1. The van der Waals surface area contributed by atoms with Crippen LogP contribution >= 0.6 is 11.3 Å². The fourth-order valence-electron chi connectivity index (χ4n) is 2.93. The number of hydrogen-bond donors (Lipinski definition) is 1. The van der Waals surface area contributed by atoms with Crippen LogP contribution in [0.15, 0.2) is 29.1 Å². The SMILES string of the molecule is CCCNC(=O)C(CC)n1nc(C)c2sc3ccccc3c2c1=O. The minimum absolute atomic E-state index is 0.146. The summed E-state index contributed by atoms with van der Waals surface area (Å²) in [5, 5.41) is 8.93. The van der Waals surface area contributed by atoms with Gasteiger partial charge in [-0.05, 0) is 25.8 Å². The van der Waals surface area contributed by atoms with E-state index in [4.69, 9.17) is 0 Å². The molecule has 0 aliphatic heterocycles. The third kappa shape index (κ3) is 2.71. The number of nitrogens with one attached hydrogen (secondary N) is 1. The van der Waals surface area contributed by atoms with Crippen molar-refractivity contribution in [2.24, 2.45) is 0 Å². The van der Waals surface area contributed by atoms with Gasteiger partial charge in [-0.15, -0.1) is 11.3 Å². The van der Waals surface area contributed by atoms with Crippen molar-refractivity contribution in [2.45, 2.75) is 39.7 Å². The van der Waals surface area contributed by atoms with E-state index in [0.29, 0.717) is 18.4 Å². The van der Waals surface area contributed by atoms with Crippen molar-refractivity contribution < 1.29 is 4.79 Å². The number of hydrogen-bond acceptors (Lipinski definition) is 4. The molecule has 0 radical (unpaired) electrons. The molecule has 1 aromatic carbocycles. The fraction of sp³-hybridized carbons (Fsp3) is 0.389. The van der Waals surface area contributed by atoms with Gasteiger partial charge in [0.25, 0.3) is 5.56 Å². The van der Waals surface area contributed by atoms with Crippen molar-refractivity contribution in [2.75, 3.05) is 6.54 Å². The molecule has 126 valence electrons. The Hall–Kier alpha value is -2.21. The molecule has 1 unspecified atom stereocenters. The quantitative estimate of drug-likeness (QED) is 0.772. The average molecular weight is 343 g/mol. The molecule has 0 bridgehead atoms. The van der Waals surface area contributed by atoms with E-state index in [1.165, 1.54) is 4.68 Å². The van der Waals surface area contributed by atoms with Crippen LogP contribution < -0.4 is 10.9 Å². The second-order valence-electron chi connectivity index (χ2n) is 5.85. The van der Waals surface area contributed by atoms with Crippen molar-refractivity contribution >= 4 is 37.4 Å². The number of thiophene rings is 1. The molecule has 2 aromatic heterocycles. The molecule has 0 aliphatic rings. The third-order valence-corrected chi connectivity index (χ3v) is 5.42. The Balaban J connectivity index is 2.21. The molecular formula is C18H21N3O2S. The van der Waals surface area contributed by atoms with Crippen LogP contribution in [-0.4, -0.2) is 22.2 Å². The summed E-state index contributed by atoms with van der Waals surface area (Å²) in [6.07, 6.45) is 1.38. The van der Waals surface area contributed by atoms with Gasteiger partial charge in [0.15, 0.2) is 0 Å². The van der Waals surface area contributed by atoms with Crippen LogP contribution in [0.25, 0.3) is 20.2 Å². The van der Waals surface area contributed by atoms with Gasteiger partial charge in [-0.2, -0.15) is 5.10 Å². The van der Waals surface area contributed by atoms with Gasteiger partial charge < -0.3 is 5.32 Å². The Morgan fingerprint density at radius 2 is 2.08 bits per heavy atom. The molecule has 1 atom stereocenters. The van der Waals surface area contributed by atoms with Crippen LogP contribution in [0.3, 0.4) is 0 Å². The van der Waals surface area contributed by atoms with Gasteiger partial charge in [-0.25, -0.2) is 4.68 Å². The van der Waals surface area contributed by atoms with E-state index < -0.39 is 6.04 Å². The van der Waals surface area contributed by atoms with Crippen LogP contribution in [0.1, 0.15) is 38.4 Å². The minimum Gasteiger partial charge on any atom is -0.354 e. The zero-order chi connectivity index (χ0) is 17.3. The van der Waals surface area contributed by atoms with Crippen LogP contribution in [-0.2, 0) is 4.79 Å². The smallest absolute Gasteiger partial charge is 0.276 e. The maximum Gasteiger partial charge on any atom is 0.276 e. The topological polar surface area (TPSA) is 64.0 Å². The first-order chi connectivity index (χ1) is 11.6. The monoisotopic (exact) mass is 343 g/mol. The average Bonchev–Trinajstić information content (AvgIpc) is 2.98. The summed E-state index contributed by atoms with van der Waals surface area (Å²) >= 11 is 1.58. The van der Waals surface area contributed by atoms with Crippen molar-refractivity contribution in [3.63, 3.8) is 0 Å². The summed E-state index contributed by atoms with van der Waals surface area (Å²) in [7, 11) is 0. The number of carbonyl (C=O) groups excluding carboxylic acids is 1. The van der Waals surface area contributed by atoms with Gasteiger partial charge >= 0.3 is 0 Å². The lowest BCUT2D eigenvalue weighted by molar-refractivity contribution is -0.124. The Morgan fingerprint density at radius 3 is 2.79 bits per heavy atom. The van der Waals surface area contributed by atoms with Gasteiger partial charge in [-0.3, -0.25) is 9.59 Å². The van der Waals surface area contributed by atoms with Crippen LogP contribution in [0.5, 0.6) is 0 Å². The lowest BCUT2D eigenvalue weighted by Gasteiger charge is -2.17. The van der Waals surface area contributed by atoms with Gasteiger partial charge in [0.2, 0.25) is 5.91 Å². The molecular weight excluding hydrogens is 322 g/mol. The Bertz CT molecular complexity index is 958. The van der Waals surface area contributed by atoms with Gasteiger partial charge in [0.05, 0.1) is 15.8 Å². The molecule has 0 spiro atoms. The lowest BCUT2D eigenvalue weighted by Crippen LogP contribution is -2.38. The molecule has 0 saturated carbocycles. The van der Waals surface area contributed by atoms with Gasteiger partial charge in [-0.1, -0.05) is 32.0 Å². The normalized spacial score (nSPS) is 12.6. The highest BCUT2D eigenvalue weighted by Gasteiger charge is 2.23. The standard InChI is InChI=1S/C18H21N3O2S/c1-4-10-19-17(22)13(5-2)21-18(23)15-12-8-6-7-9-14(12)24-16(15)11(3)20-21/h6-9,13H,4-5,10H2,1-3H3,(H,19,22). The van der Waals surface area contributed by atoms with Crippen molar-refractivity contribution in [1.82, 2.24) is 15.1 Å². The maximum atomic E-state index is 13.1. The summed E-state index contributed by atoms with van der Waals surface area (Å²) < 4.78 is 3.33. The Morgan fingerprint density at radius 1 is 1.33 bits per heavy atom. The molecule has 3 rings (SSSR count). The highest BCUT2D eigenvalue weighted by atomic mass is 32.1. The number of aromatic nitrogens is 2. The number of rotatable bonds is 5. The van der Waals surface area contributed by atoms with Crippen LogP contribution in [0, 0.1) is 6.92 Å². The molecule has 3 aromatic rings. The molecule has 2 heterocycles. The predicted octanol–water partition coefficient (Wildman–Crippen LogP) is 3.40. The zero-order valence-corrected chi connectivity index (χ0v) is 14.9.